The number of rotatable bonds is 2. The van der Waals surface area contributed by atoms with Crippen LogP contribution in [-0.4, -0.2) is 49.1 Å². The topological polar surface area (TPSA) is 132 Å². The average molecular weight is 288 g/mol. The molecule has 2 aromatic rings. The van der Waals surface area contributed by atoms with E-state index in [4.69, 9.17) is 5.73 Å². The molecule has 2 aromatic heterocycles. The van der Waals surface area contributed by atoms with Crippen LogP contribution in [0.25, 0.3) is 5.95 Å². The molecule has 0 bridgehead atoms. The monoisotopic (exact) mass is 288 g/mol. The molecule has 1 aliphatic rings. The third kappa shape index (κ3) is 2.38. The van der Waals surface area contributed by atoms with Crippen LogP contribution in [0.2, 0.25) is 0 Å². The van der Waals surface area contributed by atoms with Crippen molar-refractivity contribution >= 4 is 23.7 Å². The molecule has 0 radical (unpaired) electrons. The lowest BCUT2D eigenvalue weighted by molar-refractivity contribution is -0.132. The highest BCUT2D eigenvalue weighted by atomic mass is 16.2. The van der Waals surface area contributed by atoms with Crippen molar-refractivity contribution in [1.82, 2.24) is 30.0 Å². The second kappa shape index (κ2) is 4.81. The zero-order chi connectivity index (χ0) is 15.0. The van der Waals surface area contributed by atoms with Gasteiger partial charge in [0.2, 0.25) is 23.7 Å². The van der Waals surface area contributed by atoms with Crippen molar-refractivity contribution in [3.63, 3.8) is 0 Å². The molecular weight excluding hydrogens is 276 g/mol. The molecule has 1 aliphatic heterocycles. The molecular formula is C11H12N8O2. The van der Waals surface area contributed by atoms with Gasteiger partial charge in [-0.2, -0.15) is 20.1 Å². The Balaban J connectivity index is 2.02. The summed E-state index contributed by atoms with van der Waals surface area (Å²) in [5.41, 5.74) is 5.67. The van der Waals surface area contributed by atoms with Gasteiger partial charge in [0.1, 0.15) is 12.6 Å². The quantitative estimate of drug-likeness (QED) is 0.637. The molecule has 3 heterocycles. The first-order valence-electron chi connectivity index (χ1n) is 6.16. The lowest BCUT2D eigenvalue weighted by atomic mass is 10.2. The number of nitrogens with zero attached hydrogens (tertiary/aromatic N) is 6. The summed E-state index contributed by atoms with van der Waals surface area (Å²) in [5, 5.41) is 6.25. The number of hydrogen-bond donors (Lipinski definition) is 2. The highest BCUT2D eigenvalue weighted by Gasteiger charge is 2.32. The highest BCUT2D eigenvalue weighted by molar-refractivity contribution is 6.04. The van der Waals surface area contributed by atoms with Gasteiger partial charge >= 0.3 is 0 Å². The Bertz CT molecular complexity index is 698. The fraction of sp³-hybridized carbons (Fsp3) is 0.273. The number of imide groups is 1. The third-order valence-corrected chi connectivity index (χ3v) is 3.02. The van der Waals surface area contributed by atoms with Gasteiger partial charge in [0, 0.05) is 12.4 Å². The predicted molar refractivity (Wildman–Crippen MR) is 71.3 cm³/mol. The summed E-state index contributed by atoms with van der Waals surface area (Å²) in [7, 11) is 0. The first-order chi connectivity index (χ1) is 10.0. The molecule has 10 heteroatoms. The van der Waals surface area contributed by atoms with Gasteiger partial charge < -0.3 is 10.6 Å². The van der Waals surface area contributed by atoms with Gasteiger partial charge in [-0.3, -0.25) is 14.9 Å². The summed E-state index contributed by atoms with van der Waals surface area (Å²) in [6, 6.07) is 1.12. The Morgan fingerprint density at radius 2 is 2.05 bits per heavy atom. The summed E-state index contributed by atoms with van der Waals surface area (Å²) in [4.78, 5) is 36.8. The van der Waals surface area contributed by atoms with Crippen LogP contribution >= 0.6 is 0 Å². The number of nitrogens with one attached hydrogen (secondary N) is 1. The van der Waals surface area contributed by atoms with Gasteiger partial charge in [-0.05, 0) is 13.0 Å². The largest absolute Gasteiger partial charge is 0.368 e. The van der Waals surface area contributed by atoms with Gasteiger partial charge in [0.25, 0.3) is 5.95 Å². The molecule has 1 fully saturated rings. The molecule has 1 atom stereocenters. The van der Waals surface area contributed by atoms with Crippen LogP contribution in [0.3, 0.4) is 0 Å². The van der Waals surface area contributed by atoms with Crippen molar-refractivity contribution in [2.75, 3.05) is 17.2 Å². The number of carbonyl (C=O) groups excluding carboxylic acids is 2. The van der Waals surface area contributed by atoms with E-state index in [1.807, 2.05) is 0 Å². The Morgan fingerprint density at radius 1 is 1.29 bits per heavy atom. The smallest absolute Gasteiger partial charge is 0.257 e. The minimum absolute atomic E-state index is 0.0175. The van der Waals surface area contributed by atoms with Gasteiger partial charge in [0.05, 0.1) is 0 Å². The summed E-state index contributed by atoms with van der Waals surface area (Å²) >= 11 is 0. The molecule has 3 rings (SSSR count). The zero-order valence-electron chi connectivity index (χ0n) is 11.1. The summed E-state index contributed by atoms with van der Waals surface area (Å²) in [6.45, 7) is 1.62. The fourth-order valence-electron chi connectivity index (χ4n) is 1.95. The van der Waals surface area contributed by atoms with Crippen molar-refractivity contribution in [1.29, 1.82) is 0 Å². The minimum Gasteiger partial charge on any atom is -0.368 e. The molecule has 21 heavy (non-hydrogen) atoms. The summed E-state index contributed by atoms with van der Waals surface area (Å²) in [6.07, 6.45) is 3.22. The van der Waals surface area contributed by atoms with Crippen LogP contribution in [0, 0.1) is 0 Å². The zero-order valence-corrected chi connectivity index (χ0v) is 11.1. The second-order valence-corrected chi connectivity index (χ2v) is 4.46. The lowest BCUT2D eigenvalue weighted by Crippen LogP contribution is -2.57. The molecule has 1 saturated heterocycles. The van der Waals surface area contributed by atoms with E-state index in [1.54, 1.807) is 25.4 Å². The van der Waals surface area contributed by atoms with Gasteiger partial charge in [0.15, 0.2) is 0 Å². The highest BCUT2D eigenvalue weighted by Crippen LogP contribution is 2.16. The van der Waals surface area contributed by atoms with Crippen molar-refractivity contribution < 1.29 is 9.59 Å². The third-order valence-electron chi connectivity index (χ3n) is 3.02. The molecule has 0 aliphatic carbocycles. The SMILES string of the molecule is CC1C(=O)NC(=O)CN1c1nc(N)nc(-n2cccn2)n1. The lowest BCUT2D eigenvalue weighted by Gasteiger charge is -2.31. The van der Waals surface area contributed by atoms with Gasteiger partial charge in [-0.25, -0.2) is 4.68 Å². The summed E-state index contributed by atoms with van der Waals surface area (Å²) < 4.78 is 1.41. The minimum atomic E-state index is -0.588. The Morgan fingerprint density at radius 3 is 2.76 bits per heavy atom. The maximum absolute atomic E-state index is 11.7. The number of hydrogen-bond acceptors (Lipinski definition) is 8. The van der Waals surface area contributed by atoms with E-state index in [9.17, 15) is 9.59 Å². The van der Waals surface area contributed by atoms with E-state index in [0.29, 0.717) is 0 Å². The molecule has 1 unspecified atom stereocenters. The molecule has 2 amide bonds. The van der Waals surface area contributed by atoms with E-state index < -0.39 is 17.9 Å². The maximum Gasteiger partial charge on any atom is 0.257 e. The molecule has 3 N–H and O–H groups in total. The first-order valence-corrected chi connectivity index (χ1v) is 6.16. The number of aromatic nitrogens is 5. The van der Waals surface area contributed by atoms with Crippen LogP contribution in [0.5, 0.6) is 0 Å². The van der Waals surface area contributed by atoms with Crippen molar-refractivity contribution in [3.8, 4) is 5.95 Å². The molecule has 108 valence electrons. The Kier molecular flexibility index (Phi) is 2.97. The second-order valence-electron chi connectivity index (χ2n) is 4.46. The number of anilines is 2. The van der Waals surface area contributed by atoms with E-state index in [-0.39, 0.29) is 24.4 Å². The normalized spacial score (nSPS) is 18.7. The number of amides is 2. The van der Waals surface area contributed by atoms with Crippen LogP contribution in [-0.2, 0) is 9.59 Å². The molecule has 0 saturated carbocycles. The molecule has 0 aromatic carbocycles. The Labute approximate surface area is 119 Å². The number of nitrogens with two attached hydrogens (primary N) is 1. The number of piperazine rings is 1. The Hall–Kier alpha value is -3.04. The van der Waals surface area contributed by atoms with Crippen molar-refractivity contribution in [3.05, 3.63) is 18.5 Å². The van der Waals surface area contributed by atoms with Crippen molar-refractivity contribution in [2.24, 2.45) is 0 Å². The van der Waals surface area contributed by atoms with Crippen LogP contribution < -0.4 is 16.0 Å². The predicted octanol–water partition coefficient (Wildman–Crippen LogP) is -1.51. The average Bonchev–Trinajstić information content (AvgIpc) is 2.96. The van der Waals surface area contributed by atoms with Crippen LogP contribution in [0.1, 0.15) is 6.92 Å². The van der Waals surface area contributed by atoms with Crippen molar-refractivity contribution in [2.45, 2.75) is 13.0 Å². The first kappa shape index (κ1) is 13.0. The van der Waals surface area contributed by atoms with Crippen LogP contribution in [0.4, 0.5) is 11.9 Å². The summed E-state index contributed by atoms with van der Waals surface area (Å²) in [5.74, 6) is -0.475. The molecule has 10 nitrogen and oxygen atoms in total. The van der Waals surface area contributed by atoms with E-state index >= 15 is 0 Å². The van der Waals surface area contributed by atoms with E-state index in [1.165, 1.54) is 9.58 Å². The molecule has 0 spiro atoms. The van der Waals surface area contributed by atoms with Gasteiger partial charge in [-0.1, -0.05) is 0 Å². The maximum atomic E-state index is 11.7. The standard InChI is InChI=1S/C11H12N8O2/c1-6-8(21)14-7(20)5-18(6)10-15-9(12)16-11(17-10)19-4-2-3-13-19/h2-4,6H,5H2,1H3,(H,14,20,21)(H2,12,15,16,17). The number of nitrogen functional groups attached to an aromatic ring is 1. The fourth-order valence-corrected chi connectivity index (χ4v) is 1.95. The number of carbonyl (C=O) groups is 2. The van der Waals surface area contributed by atoms with E-state index in [0.717, 1.165) is 0 Å². The van der Waals surface area contributed by atoms with Gasteiger partial charge in [-0.15, -0.1) is 0 Å². The van der Waals surface area contributed by atoms with E-state index in [2.05, 4.69) is 25.4 Å². The van der Waals surface area contributed by atoms with Crippen LogP contribution in [0.15, 0.2) is 18.5 Å².